The molecule has 1 aliphatic rings. The minimum absolute atomic E-state index is 0.802. The quantitative estimate of drug-likeness (QED) is 0.744. The van der Waals surface area contributed by atoms with Gasteiger partial charge in [0, 0.05) is 12.6 Å². The summed E-state index contributed by atoms with van der Waals surface area (Å²) in [5.74, 6) is 0. The van der Waals surface area contributed by atoms with Crippen molar-refractivity contribution in [3.8, 4) is 0 Å². The molecule has 0 radical (unpaired) electrons. The summed E-state index contributed by atoms with van der Waals surface area (Å²) in [4.78, 5) is 0. The fourth-order valence-electron chi connectivity index (χ4n) is 1.89. The van der Waals surface area contributed by atoms with Crippen LogP contribution in [0.3, 0.4) is 0 Å². The number of halogens is 1. The van der Waals surface area contributed by atoms with Gasteiger partial charge < -0.3 is 5.32 Å². The van der Waals surface area contributed by atoms with Gasteiger partial charge in [0.1, 0.15) is 0 Å². The minimum atomic E-state index is 0.802. The van der Waals surface area contributed by atoms with Crippen molar-refractivity contribution in [3.63, 3.8) is 0 Å². The molecular formula is C12H20ClN3. The van der Waals surface area contributed by atoms with E-state index in [0.717, 1.165) is 43.4 Å². The smallest absolute Gasteiger partial charge is 0.0817 e. The van der Waals surface area contributed by atoms with Gasteiger partial charge in [-0.3, -0.25) is 4.68 Å². The second-order valence-electron chi connectivity index (χ2n) is 4.49. The lowest BCUT2D eigenvalue weighted by Gasteiger charge is -2.07. The molecular weight excluding hydrogens is 222 g/mol. The Balaban J connectivity index is 1.78. The van der Waals surface area contributed by atoms with E-state index in [9.17, 15) is 0 Å². The van der Waals surface area contributed by atoms with Gasteiger partial charge >= 0.3 is 0 Å². The third kappa shape index (κ3) is 3.22. The first-order valence-electron chi connectivity index (χ1n) is 6.25. The summed E-state index contributed by atoms with van der Waals surface area (Å²) in [6.07, 6.45) is 7.75. The van der Waals surface area contributed by atoms with Crippen LogP contribution in [0, 0.1) is 0 Å². The van der Waals surface area contributed by atoms with E-state index in [-0.39, 0.29) is 0 Å². The zero-order chi connectivity index (χ0) is 11.4. The van der Waals surface area contributed by atoms with Crippen molar-refractivity contribution in [2.45, 2.75) is 51.6 Å². The summed E-state index contributed by atoms with van der Waals surface area (Å²) < 4.78 is 2.04. The Bertz CT molecular complexity index is 331. The van der Waals surface area contributed by atoms with Crippen LogP contribution in [0.15, 0.2) is 6.20 Å². The van der Waals surface area contributed by atoms with Gasteiger partial charge in [-0.05, 0) is 38.6 Å². The van der Waals surface area contributed by atoms with Crippen LogP contribution in [0.4, 0.5) is 0 Å². The van der Waals surface area contributed by atoms with Crippen molar-refractivity contribution in [1.29, 1.82) is 0 Å². The molecule has 0 amide bonds. The predicted molar refractivity (Wildman–Crippen MR) is 66.9 cm³/mol. The van der Waals surface area contributed by atoms with Crippen LogP contribution in [-0.4, -0.2) is 22.4 Å². The lowest BCUT2D eigenvalue weighted by molar-refractivity contribution is 0.558. The van der Waals surface area contributed by atoms with Crippen molar-refractivity contribution in [1.82, 2.24) is 15.1 Å². The Kier molecular flexibility index (Phi) is 4.24. The SMILES string of the molecule is CCCn1ncc(Cl)c1CCCNC1CC1. The van der Waals surface area contributed by atoms with Crippen LogP contribution in [0.2, 0.25) is 5.02 Å². The summed E-state index contributed by atoms with van der Waals surface area (Å²) in [6.45, 7) is 4.23. The second-order valence-corrected chi connectivity index (χ2v) is 4.90. The number of nitrogens with zero attached hydrogens (tertiary/aromatic N) is 2. The van der Waals surface area contributed by atoms with E-state index in [0.29, 0.717) is 0 Å². The van der Waals surface area contributed by atoms with Crippen LogP contribution in [0.25, 0.3) is 0 Å². The van der Waals surface area contributed by atoms with Crippen molar-refractivity contribution in [2.75, 3.05) is 6.54 Å². The average molecular weight is 242 g/mol. The maximum Gasteiger partial charge on any atom is 0.0817 e. The third-order valence-electron chi connectivity index (χ3n) is 2.93. The number of aromatic nitrogens is 2. The fourth-order valence-corrected chi connectivity index (χ4v) is 2.13. The van der Waals surface area contributed by atoms with Crippen molar-refractivity contribution in [2.24, 2.45) is 0 Å². The largest absolute Gasteiger partial charge is 0.314 e. The molecule has 1 aromatic heterocycles. The van der Waals surface area contributed by atoms with Crippen LogP contribution in [0.1, 0.15) is 38.3 Å². The van der Waals surface area contributed by atoms with Gasteiger partial charge in [0.15, 0.2) is 0 Å². The first kappa shape index (κ1) is 11.9. The number of rotatable bonds is 7. The van der Waals surface area contributed by atoms with E-state index >= 15 is 0 Å². The van der Waals surface area contributed by atoms with E-state index in [2.05, 4.69) is 17.3 Å². The molecule has 1 saturated carbocycles. The molecule has 0 aromatic carbocycles. The second kappa shape index (κ2) is 5.69. The standard InChI is InChI=1S/C12H20ClN3/c1-2-8-16-12(11(13)9-15-16)4-3-7-14-10-5-6-10/h9-10,14H,2-8H2,1H3. The topological polar surface area (TPSA) is 29.9 Å². The molecule has 1 aromatic rings. The molecule has 2 rings (SSSR count). The van der Waals surface area contributed by atoms with Gasteiger partial charge in [-0.2, -0.15) is 5.10 Å². The summed E-state index contributed by atoms with van der Waals surface area (Å²) >= 11 is 6.13. The van der Waals surface area contributed by atoms with Gasteiger partial charge in [-0.25, -0.2) is 0 Å². The normalized spacial score (nSPS) is 15.6. The highest BCUT2D eigenvalue weighted by Crippen LogP contribution is 2.19. The molecule has 1 fully saturated rings. The molecule has 0 spiro atoms. The molecule has 1 N–H and O–H groups in total. The highest BCUT2D eigenvalue weighted by Gasteiger charge is 2.19. The molecule has 4 heteroatoms. The maximum absolute atomic E-state index is 6.13. The number of hydrogen-bond acceptors (Lipinski definition) is 2. The predicted octanol–water partition coefficient (Wildman–Crippen LogP) is 2.63. The van der Waals surface area contributed by atoms with Gasteiger partial charge in [-0.1, -0.05) is 18.5 Å². The van der Waals surface area contributed by atoms with Gasteiger partial charge in [0.2, 0.25) is 0 Å². The Morgan fingerprint density at radius 1 is 1.56 bits per heavy atom. The molecule has 0 saturated heterocycles. The number of hydrogen-bond donors (Lipinski definition) is 1. The zero-order valence-corrected chi connectivity index (χ0v) is 10.6. The van der Waals surface area contributed by atoms with Gasteiger partial charge in [0.25, 0.3) is 0 Å². The van der Waals surface area contributed by atoms with Crippen LogP contribution in [0.5, 0.6) is 0 Å². The Hall–Kier alpha value is -0.540. The lowest BCUT2D eigenvalue weighted by Crippen LogP contribution is -2.18. The summed E-state index contributed by atoms with van der Waals surface area (Å²) in [6, 6.07) is 0.802. The molecule has 0 atom stereocenters. The highest BCUT2D eigenvalue weighted by molar-refractivity contribution is 6.31. The molecule has 0 bridgehead atoms. The van der Waals surface area contributed by atoms with Crippen LogP contribution >= 0.6 is 11.6 Å². The first-order valence-corrected chi connectivity index (χ1v) is 6.62. The van der Waals surface area contributed by atoms with E-state index in [4.69, 9.17) is 11.6 Å². The third-order valence-corrected chi connectivity index (χ3v) is 3.25. The fraction of sp³-hybridized carbons (Fsp3) is 0.750. The van der Waals surface area contributed by atoms with Crippen LogP contribution < -0.4 is 5.32 Å². The molecule has 90 valence electrons. The molecule has 3 nitrogen and oxygen atoms in total. The molecule has 1 aliphatic carbocycles. The Labute approximate surface area is 102 Å². The molecule has 0 aliphatic heterocycles. The monoisotopic (exact) mass is 241 g/mol. The molecule has 0 unspecified atom stereocenters. The van der Waals surface area contributed by atoms with E-state index in [1.165, 1.54) is 18.5 Å². The van der Waals surface area contributed by atoms with Crippen molar-refractivity contribution >= 4 is 11.6 Å². The first-order chi connectivity index (χ1) is 7.81. The number of nitrogens with one attached hydrogen (secondary N) is 1. The Morgan fingerprint density at radius 2 is 2.38 bits per heavy atom. The number of aryl methyl sites for hydroxylation is 1. The average Bonchev–Trinajstić information content (AvgIpc) is 3.03. The highest BCUT2D eigenvalue weighted by atomic mass is 35.5. The van der Waals surface area contributed by atoms with Crippen molar-refractivity contribution in [3.05, 3.63) is 16.9 Å². The van der Waals surface area contributed by atoms with Crippen LogP contribution in [-0.2, 0) is 13.0 Å². The Morgan fingerprint density at radius 3 is 3.06 bits per heavy atom. The summed E-state index contributed by atoms with van der Waals surface area (Å²) in [5, 5.41) is 8.63. The van der Waals surface area contributed by atoms with Gasteiger partial charge in [-0.15, -0.1) is 0 Å². The van der Waals surface area contributed by atoms with Gasteiger partial charge in [0.05, 0.1) is 16.9 Å². The minimum Gasteiger partial charge on any atom is -0.314 e. The summed E-state index contributed by atoms with van der Waals surface area (Å²) in [7, 11) is 0. The molecule has 1 heterocycles. The maximum atomic E-state index is 6.13. The summed E-state index contributed by atoms with van der Waals surface area (Å²) in [5.41, 5.74) is 1.20. The van der Waals surface area contributed by atoms with E-state index in [1.807, 2.05) is 4.68 Å². The van der Waals surface area contributed by atoms with Crippen molar-refractivity contribution < 1.29 is 0 Å². The van der Waals surface area contributed by atoms with E-state index < -0.39 is 0 Å². The van der Waals surface area contributed by atoms with E-state index in [1.54, 1.807) is 6.20 Å². The molecule has 16 heavy (non-hydrogen) atoms. The zero-order valence-electron chi connectivity index (χ0n) is 9.88. The lowest BCUT2D eigenvalue weighted by atomic mass is 10.2.